The summed E-state index contributed by atoms with van der Waals surface area (Å²) in [5, 5.41) is 2.44. The lowest BCUT2D eigenvalue weighted by atomic mass is 9.65. The molecule has 114 valence electrons. The highest BCUT2D eigenvalue weighted by atomic mass is 19.1. The van der Waals surface area contributed by atoms with E-state index in [-0.39, 0.29) is 23.5 Å². The maximum atomic E-state index is 13.4. The Morgan fingerprint density at radius 1 is 1.38 bits per heavy atom. The smallest absolute Gasteiger partial charge is 0.230 e. The minimum atomic E-state index is -0.461. The fraction of sp³-hybridized carbons (Fsp3) is 0.529. The van der Waals surface area contributed by atoms with E-state index in [4.69, 9.17) is 0 Å². The van der Waals surface area contributed by atoms with Crippen LogP contribution in [0.3, 0.4) is 0 Å². The number of carbonyl (C=O) groups excluding carboxylic acids is 2. The molecular weight excluding hydrogens is 269 g/mol. The summed E-state index contributed by atoms with van der Waals surface area (Å²) in [5.41, 5.74) is 0.367. The summed E-state index contributed by atoms with van der Waals surface area (Å²) >= 11 is 0. The van der Waals surface area contributed by atoms with Gasteiger partial charge in [0.1, 0.15) is 5.82 Å². The highest BCUT2D eigenvalue weighted by molar-refractivity contribution is 5.99. The monoisotopic (exact) mass is 291 g/mol. The quantitative estimate of drug-likeness (QED) is 0.867. The van der Waals surface area contributed by atoms with E-state index < -0.39 is 5.41 Å². The number of hydrogen-bond donors (Lipinski definition) is 1. The van der Waals surface area contributed by atoms with Crippen LogP contribution in [0.2, 0.25) is 0 Å². The second-order valence-electron chi connectivity index (χ2n) is 6.73. The molecule has 3 nitrogen and oxygen atoms in total. The number of nitrogens with one attached hydrogen (secondary N) is 1. The average molecular weight is 291 g/mol. The lowest BCUT2D eigenvalue weighted by Gasteiger charge is -2.40. The Labute approximate surface area is 124 Å². The molecule has 0 aliphatic carbocycles. The largest absolute Gasteiger partial charge is 0.296 e. The molecule has 2 unspecified atom stereocenters. The maximum Gasteiger partial charge on any atom is 0.230 e. The average Bonchev–Trinajstić information content (AvgIpc) is 2.33. The minimum absolute atomic E-state index is 0.196. The van der Waals surface area contributed by atoms with Gasteiger partial charge in [-0.25, -0.2) is 4.39 Å². The third-order valence-electron chi connectivity index (χ3n) is 4.19. The van der Waals surface area contributed by atoms with Crippen LogP contribution in [0.15, 0.2) is 24.3 Å². The van der Waals surface area contributed by atoms with Gasteiger partial charge in [-0.3, -0.25) is 14.9 Å². The highest BCUT2D eigenvalue weighted by Crippen LogP contribution is 2.41. The molecule has 0 aromatic heterocycles. The molecule has 0 saturated carbocycles. The zero-order valence-corrected chi connectivity index (χ0v) is 12.8. The van der Waals surface area contributed by atoms with Crippen LogP contribution < -0.4 is 5.32 Å². The first-order chi connectivity index (χ1) is 9.80. The fourth-order valence-electron chi connectivity index (χ4n) is 3.24. The van der Waals surface area contributed by atoms with E-state index in [1.54, 1.807) is 6.07 Å². The van der Waals surface area contributed by atoms with Crippen molar-refractivity contribution in [2.45, 2.75) is 40.0 Å². The molecule has 1 N–H and O–H groups in total. The molecule has 21 heavy (non-hydrogen) atoms. The lowest BCUT2D eigenvalue weighted by Crippen LogP contribution is -2.52. The molecule has 1 aliphatic heterocycles. The summed E-state index contributed by atoms with van der Waals surface area (Å²) in [5.74, 6) is -0.583. The molecule has 4 heteroatoms. The van der Waals surface area contributed by atoms with Crippen LogP contribution in [0.5, 0.6) is 0 Å². The Morgan fingerprint density at radius 2 is 2.10 bits per heavy atom. The van der Waals surface area contributed by atoms with Gasteiger partial charge in [0.15, 0.2) is 0 Å². The molecule has 2 atom stereocenters. The van der Waals surface area contributed by atoms with Gasteiger partial charge in [-0.1, -0.05) is 32.9 Å². The summed E-state index contributed by atoms with van der Waals surface area (Å²) in [6.07, 6.45) is 1.55. The summed E-state index contributed by atoms with van der Waals surface area (Å²) in [6, 6.07) is 6.39. The van der Waals surface area contributed by atoms with E-state index >= 15 is 0 Å². The van der Waals surface area contributed by atoms with Crippen LogP contribution in [-0.2, 0) is 16.0 Å². The summed E-state index contributed by atoms with van der Waals surface area (Å²) in [4.78, 5) is 24.0. The third-order valence-corrected chi connectivity index (χ3v) is 4.19. The van der Waals surface area contributed by atoms with Gasteiger partial charge >= 0.3 is 0 Å². The number of amides is 2. The predicted molar refractivity (Wildman–Crippen MR) is 78.9 cm³/mol. The van der Waals surface area contributed by atoms with E-state index in [1.165, 1.54) is 12.1 Å². The normalized spacial score (nSPS) is 26.0. The Bertz CT molecular complexity index is 555. The Kier molecular flexibility index (Phi) is 4.45. The number of carbonyl (C=O) groups is 2. The second-order valence-corrected chi connectivity index (χ2v) is 6.73. The van der Waals surface area contributed by atoms with E-state index in [1.807, 2.05) is 13.0 Å². The Hall–Kier alpha value is -1.71. The number of halogens is 1. The van der Waals surface area contributed by atoms with Crippen molar-refractivity contribution >= 4 is 11.8 Å². The van der Waals surface area contributed by atoms with Gasteiger partial charge in [-0.05, 0) is 41.9 Å². The van der Waals surface area contributed by atoms with Crippen molar-refractivity contribution in [3.8, 4) is 0 Å². The molecule has 1 aromatic rings. The van der Waals surface area contributed by atoms with Crippen molar-refractivity contribution in [2.75, 3.05) is 0 Å². The van der Waals surface area contributed by atoms with E-state index in [9.17, 15) is 14.0 Å². The molecule has 0 spiro atoms. The molecular formula is C17H22FNO2. The molecule has 2 rings (SSSR count). The topological polar surface area (TPSA) is 46.2 Å². The van der Waals surface area contributed by atoms with Gasteiger partial charge in [0.2, 0.25) is 11.8 Å². The molecule has 2 amide bonds. The van der Waals surface area contributed by atoms with Crippen LogP contribution in [0, 0.1) is 23.1 Å². The number of benzene rings is 1. The fourth-order valence-corrected chi connectivity index (χ4v) is 3.24. The van der Waals surface area contributed by atoms with Crippen molar-refractivity contribution in [1.29, 1.82) is 0 Å². The van der Waals surface area contributed by atoms with Crippen molar-refractivity contribution in [3.63, 3.8) is 0 Å². The van der Waals surface area contributed by atoms with Crippen LogP contribution in [-0.4, -0.2) is 11.8 Å². The van der Waals surface area contributed by atoms with E-state index in [2.05, 4.69) is 19.2 Å². The number of hydrogen-bond acceptors (Lipinski definition) is 2. The van der Waals surface area contributed by atoms with E-state index in [0.717, 1.165) is 12.0 Å². The summed E-state index contributed by atoms with van der Waals surface area (Å²) in [6.45, 7) is 6.08. The van der Waals surface area contributed by atoms with Crippen molar-refractivity contribution in [3.05, 3.63) is 35.6 Å². The van der Waals surface area contributed by atoms with Gasteiger partial charge in [0.05, 0.1) is 0 Å². The van der Waals surface area contributed by atoms with Crippen molar-refractivity contribution in [2.24, 2.45) is 17.3 Å². The van der Waals surface area contributed by atoms with Gasteiger partial charge < -0.3 is 0 Å². The number of rotatable bonds is 4. The predicted octanol–water partition coefficient (Wildman–Crippen LogP) is 3.08. The van der Waals surface area contributed by atoms with Crippen LogP contribution in [0.4, 0.5) is 4.39 Å². The van der Waals surface area contributed by atoms with Crippen LogP contribution >= 0.6 is 0 Å². The SMILES string of the molecule is CC(C)CC1C(=O)NC(=O)CC1(C)Cc1cccc(F)c1. The summed E-state index contributed by atoms with van der Waals surface area (Å²) in [7, 11) is 0. The molecule has 1 heterocycles. The molecule has 0 bridgehead atoms. The minimum Gasteiger partial charge on any atom is -0.296 e. The van der Waals surface area contributed by atoms with Gasteiger partial charge in [0, 0.05) is 12.3 Å². The molecule has 1 fully saturated rings. The van der Waals surface area contributed by atoms with Gasteiger partial charge in [-0.15, -0.1) is 0 Å². The molecule has 1 aromatic carbocycles. The third kappa shape index (κ3) is 3.69. The molecule has 1 saturated heterocycles. The van der Waals surface area contributed by atoms with Crippen molar-refractivity contribution in [1.82, 2.24) is 5.32 Å². The lowest BCUT2D eigenvalue weighted by molar-refractivity contribution is -0.143. The first-order valence-electron chi connectivity index (χ1n) is 7.38. The van der Waals surface area contributed by atoms with E-state index in [0.29, 0.717) is 18.8 Å². The Morgan fingerprint density at radius 3 is 2.71 bits per heavy atom. The standard InChI is InChI=1S/C17H22FNO2/c1-11(2)7-14-16(21)19-15(20)10-17(14,3)9-12-5-4-6-13(18)8-12/h4-6,8,11,14H,7,9-10H2,1-3H3,(H,19,20,21). The van der Waals surface area contributed by atoms with Gasteiger partial charge in [0.25, 0.3) is 0 Å². The zero-order valence-electron chi connectivity index (χ0n) is 12.8. The number of imide groups is 1. The van der Waals surface area contributed by atoms with Crippen LogP contribution in [0.1, 0.15) is 39.2 Å². The van der Waals surface area contributed by atoms with Crippen molar-refractivity contribution < 1.29 is 14.0 Å². The van der Waals surface area contributed by atoms with Gasteiger partial charge in [-0.2, -0.15) is 0 Å². The number of piperidine rings is 1. The summed E-state index contributed by atoms with van der Waals surface area (Å²) < 4.78 is 13.4. The first kappa shape index (κ1) is 15.7. The van der Waals surface area contributed by atoms with Crippen LogP contribution in [0.25, 0.3) is 0 Å². The molecule has 0 radical (unpaired) electrons. The maximum absolute atomic E-state index is 13.4. The first-order valence-corrected chi connectivity index (χ1v) is 7.38. The zero-order chi connectivity index (χ0) is 15.6. The Balaban J connectivity index is 2.29. The highest BCUT2D eigenvalue weighted by Gasteiger charge is 2.45. The molecule has 1 aliphatic rings. The second kappa shape index (κ2) is 5.96.